The molecule has 0 amide bonds. The minimum atomic E-state index is 0.309. The lowest BCUT2D eigenvalue weighted by molar-refractivity contribution is 0.167. The lowest BCUT2D eigenvalue weighted by Crippen LogP contribution is -2.36. The molecule has 1 aliphatic rings. The van der Waals surface area contributed by atoms with Gasteiger partial charge in [-0.15, -0.1) is 0 Å². The Kier molecular flexibility index (Phi) is 5.09. The van der Waals surface area contributed by atoms with Gasteiger partial charge in [0.25, 0.3) is 0 Å². The van der Waals surface area contributed by atoms with Gasteiger partial charge in [-0.2, -0.15) is 0 Å². The monoisotopic (exact) mass is 211 g/mol. The van der Waals surface area contributed by atoms with Gasteiger partial charge in [0.05, 0.1) is 5.84 Å². The van der Waals surface area contributed by atoms with E-state index < -0.39 is 0 Å². The van der Waals surface area contributed by atoms with Gasteiger partial charge in [-0.3, -0.25) is 5.41 Å². The van der Waals surface area contributed by atoms with Crippen LogP contribution < -0.4 is 5.73 Å². The van der Waals surface area contributed by atoms with Crippen molar-refractivity contribution in [1.29, 1.82) is 5.41 Å². The Morgan fingerprint density at radius 2 is 1.93 bits per heavy atom. The average Bonchev–Trinajstić information content (AvgIpc) is 2.26. The molecule has 88 valence electrons. The van der Waals surface area contributed by atoms with Crippen molar-refractivity contribution in [3.63, 3.8) is 0 Å². The number of amidine groups is 1. The zero-order valence-corrected chi connectivity index (χ0v) is 10.1. The van der Waals surface area contributed by atoms with Crippen molar-refractivity contribution in [3.05, 3.63) is 0 Å². The maximum Gasteiger partial charge on any atom is 0.0918 e. The molecule has 0 atom stereocenters. The van der Waals surface area contributed by atoms with Crippen LogP contribution in [0.3, 0.4) is 0 Å². The summed E-state index contributed by atoms with van der Waals surface area (Å²) in [6.07, 6.45) is 7.46. The highest BCUT2D eigenvalue weighted by Gasteiger charge is 2.22. The van der Waals surface area contributed by atoms with Gasteiger partial charge in [0.15, 0.2) is 0 Å². The molecule has 0 spiro atoms. The largest absolute Gasteiger partial charge is 0.388 e. The Bertz CT molecular complexity index is 195. The first-order valence-corrected chi connectivity index (χ1v) is 6.16. The standard InChI is InChI=1S/C12H25N3/c1-3-10-4-6-11(7-5-10)15(2)9-8-12(13)14/h10-11H,3-9H2,1-2H3,(H3,13,14). The van der Waals surface area contributed by atoms with Crippen LogP contribution in [-0.2, 0) is 0 Å². The van der Waals surface area contributed by atoms with Gasteiger partial charge in [-0.05, 0) is 38.6 Å². The molecule has 15 heavy (non-hydrogen) atoms. The molecule has 0 unspecified atom stereocenters. The Labute approximate surface area is 93.5 Å². The molecule has 3 nitrogen and oxygen atoms in total. The van der Waals surface area contributed by atoms with Crippen LogP contribution in [0.15, 0.2) is 0 Å². The van der Waals surface area contributed by atoms with Crippen molar-refractivity contribution in [2.45, 2.75) is 51.5 Å². The normalized spacial score (nSPS) is 26.9. The summed E-state index contributed by atoms with van der Waals surface area (Å²) in [5.41, 5.74) is 5.37. The molecule has 1 saturated carbocycles. The van der Waals surface area contributed by atoms with E-state index in [4.69, 9.17) is 11.1 Å². The van der Waals surface area contributed by atoms with Gasteiger partial charge in [0, 0.05) is 19.0 Å². The summed E-state index contributed by atoms with van der Waals surface area (Å²) in [6.45, 7) is 3.24. The quantitative estimate of drug-likeness (QED) is 0.541. The fourth-order valence-corrected chi connectivity index (χ4v) is 2.47. The third-order valence-electron chi connectivity index (χ3n) is 3.75. The van der Waals surface area contributed by atoms with Crippen LogP contribution in [0, 0.1) is 11.3 Å². The van der Waals surface area contributed by atoms with Crippen molar-refractivity contribution in [2.75, 3.05) is 13.6 Å². The summed E-state index contributed by atoms with van der Waals surface area (Å²) in [4.78, 5) is 2.38. The van der Waals surface area contributed by atoms with Gasteiger partial charge in [0.2, 0.25) is 0 Å². The number of nitrogens with one attached hydrogen (secondary N) is 1. The van der Waals surface area contributed by atoms with Crippen LogP contribution in [0.2, 0.25) is 0 Å². The molecule has 3 heteroatoms. The van der Waals surface area contributed by atoms with Crippen LogP contribution in [0.1, 0.15) is 45.4 Å². The van der Waals surface area contributed by atoms with Gasteiger partial charge >= 0.3 is 0 Å². The van der Waals surface area contributed by atoms with E-state index in [1.807, 2.05) is 0 Å². The second-order valence-electron chi connectivity index (χ2n) is 4.84. The van der Waals surface area contributed by atoms with E-state index in [1.54, 1.807) is 0 Å². The fraction of sp³-hybridized carbons (Fsp3) is 0.917. The molecular formula is C12H25N3. The molecule has 0 heterocycles. The van der Waals surface area contributed by atoms with E-state index in [0.717, 1.165) is 18.5 Å². The highest BCUT2D eigenvalue weighted by Crippen LogP contribution is 2.28. The maximum absolute atomic E-state index is 7.21. The predicted molar refractivity (Wildman–Crippen MR) is 65.2 cm³/mol. The van der Waals surface area contributed by atoms with Crippen LogP contribution in [0.25, 0.3) is 0 Å². The third kappa shape index (κ3) is 4.20. The maximum atomic E-state index is 7.21. The SMILES string of the molecule is CCC1CCC(N(C)CCC(=N)N)CC1. The fourth-order valence-electron chi connectivity index (χ4n) is 2.47. The Hall–Kier alpha value is -0.570. The van der Waals surface area contributed by atoms with Crippen molar-refractivity contribution in [1.82, 2.24) is 4.90 Å². The zero-order valence-electron chi connectivity index (χ0n) is 10.1. The summed E-state index contributed by atoms with van der Waals surface area (Å²) in [6, 6.07) is 0.729. The number of hydrogen-bond donors (Lipinski definition) is 2. The lowest BCUT2D eigenvalue weighted by Gasteiger charge is -2.34. The predicted octanol–water partition coefficient (Wildman–Crippen LogP) is 2.21. The van der Waals surface area contributed by atoms with Gasteiger partial charge < -0.3 is 10.6 Å². The Balaban J connectivity index is 2.23. The van der Waals surface area contributed by atoms with Crippen LogP contribution >= 0.6 is 0 Å². The minimum Gasteiger partial charge on any atom is -0.388 e. The first-order chi connectivity index (χ1) is 7.13. The second kappa shape index (κ2) is 6.11. The molecule has 0 bridgehead atoms. The molecule has 1 rings (SSSR count). The van der Waals surface area contributed by atoms with Gasteiger partial charge in [-0.1, -0.05) is 13.3 Å². The molecule has 1 fully saturated rings. The summed E-state index contributed by atoms with van der Waals surface area (Å²) >= 11 is 0. The number of nitrogens with zero attached hydrogens (tertiary/aromatic N) is 1. The lowest BCUT2D eigenvalue weighted by atomic mass is 9.84. The summed E-state index contributed by atoms with van der Waals surface area (Å²) in [7, 11) is 2.17. The number of hydrogen-bond acceptors (Lipinski definition) is 2. The average molecular weight is 211 g/mol. The van der Waals surface area contributed by atoms with E-state index in [9.17, 15) is 0 Å². The van der Waals surface area contributed by atoms with Crippen LogP contribution in [0.4, 0.5) is 0 Å². The van der Waals surface area contributed by atoms with E-state index >= 15 is 0 Å². The molecule has 3 N–H and O–H groups in total. The summed E-state index contributed by atoms with van der Waals surface area (Å²) < 4.78 is 0. The van der Waals surface area contributed by atoms with Crippen molar-refractivity contribution < 1.29 is 0 Å². The minimum absolute atomic E-state index is 0.309. The summed E-state index contributed by atoms with van der Waals surface area (Å²) in [5.74, 6) is 1.27. The van der Waals surface area contributed by atoms with E-state index in [1.165, 1.54) is 32.1 Å². The molecule has 1 aliphatic carbocycles. The molecule has 0 radical (unpaired) electrons. The van der Waals surface area contributed by atoms with Crippen LogP contribution in [0.5, 0.6) is 0 Å². The molecule has 0 aromatic heterocycles. The molecule has 0 aromatic rings. The first-order valence-electron chi connectivity index (χ1n) is 6.16. The van der Waals surface area contributed by atoms with Crippen molar-refractivity contribution in [3.8, 4) is 0 Å². The molecular weight excluding hydrogens is 186 g/mol. The second-order valence-corrected chi connectivity index (χ2v) is 4.84. The molecule has 0 aliphatic heterocycles. The first kappa shape index (κ1) is 12.5. The van der Waals surface area contributed by atoms with E-state index in [-0.39, 0.29) is 0 Å². The molecule has 0 aromatic carbocycles. The number of rotatable bonds is 5. The Morgan fingerprint density at radius 3 is 2.40 bits per heavy atom. The van der Waals surface area contributed by atoms with E-state index in [0.29, 0.717) is 12.3 Å². The van der Waals surface area contributed by atoms with E-state index in [2.05, 4.69) is 18.9 Å². The van der Waals surface area contributed by atoms with Gasteiger partial charge in [0.1, 0.15) is 0 Å². The summed E-state index contributed by atoms with van der Waals surface area (Å²) in [5, 5.41) is 7.21. The Morgan fingerprint density at radius 1 is 1.33 bits per heavy atom. The highest BCUT2D eigenvalue weighted by atomic mass is 15.1. The topological polar surface area (TPSA) is 53.1 Å². The molecule has 0 saturated heterocycles. The zero-order chi connectivity index (χ0) is 11.3. The highest BCUT2D eigenvalue weighted by molar-refractivity contribution is 5.76. The number of nitrogens with two attached hydrogens (primary N) is 1. The smallest absolute Gasteiger partial charge is 0.0918 e. The van der Waals surface area contributed by atoms with Crippen molar-refractivity contribution >= 4 is 5.84 Å². The van der Waals surface area contributed by atoms with Crippen molar-refractivity contribution in [2.24, 2.45) is 11.7 Å². The van der Waals surface area contributed by atoms with Crippen LogP contribution in [-0.4, -0.2) is 30.4 Å². The third-order valence-corrected chi connectivity index (χ3v) is 3.75. The van der Waals surface area contributed by atoms with Gasteiger partial charge in [-0.25, -0.2) is 0 Å².